The molecule has 2 aromatic rings. The molecule has 0 heterocycles. The van der Waals surface area contributed by atoms with Crippen molar-refractivity contribution < 1.29 is 17.9 Å². The van der Waals surface area contributed by atoms with Crippen LogP contribution in [0.2, 0.25) is 10.0 Å². The number of hydrogen-bond donors (Lipinski definition) is 2. The summed E-state index contributed by atoms with van der Waals surface area (Å²) in [6.07, 6.45) is -0.693. The molecule has 0 aliphatic rings. The van der Waals surface area contributed by atoms with E-state index in [-0.39, 0.29) is 17.3 Å². The first-order valence-corrected chi connectivity index (χ1v) is 11.3. The number of rotatable bonds is 9. The van der Waals surface area contributed by atoms with Crippen LogP contribution in [0.4, 0.5) is 0 Å². The van der Waals surface area contributed by atoms with Crippen LogP contribution in [0, 0.1) is 5.92 Å². The largest absolute Gasteiger partial charge is 0.481 e. The van der Waals surface area contributed by atoms with E-state index in [9.17, 15) is 13.2 Å². The van der Waals surface area contributed by atoms with Crippen LogP contribution in [0.25, 0.3) is 0 Å². The van der Waals surface area contributed by atoms with Gasteiger partial charge in [-0.3, -0.25) is 4.79 Å². The van der Waals surface area contributed by atoms with Crippen LogP contribution >= 0.6 is 23.2 Å². The highest BCUT2D eigenvalue weighted by molar-refractivity contribution is 7.89. The van der Waals surface area contributed by atoms with E-state index in [1.807, 2.05) is 13.8 Å². The second kappa shape index (κ2) is 10.3. The highest BCUT2D eigenvalue weighted by Crippen LogP contribution is 2.22. The van der Waals surface area contributed by atoms with Crippen LogP contribution < -0.4 is 14.8 Å². The second-order valence-corrected chi connectivity index (χ2v) is 9.54. The number of nitrogens with one attached hydrogen (secondary N) is 2. The van der Waals surface area contributed by atoms with E-state index in [0.717, 1.165) is 0 Å². The van der Waals surface area contributed by atoms with E-state index < -0.39 is 16.1 Å². The molecule has 0 aliphatic heterocycles. The molecule has 2 aromatic carbocycles. The molecule has 0 radical (unpaired) electrons. The summed E-state index contributed by atoms with van der Waals surface area (Å²) in [5.41, 5.74) is 0.612. The maximum Gasteiger partial charge on any atom is 0.260 e. The van der Waals surface area contributed by atoms with Crippen molar-refractivity contribution in [3.63, 3.8) is 0 Å². The Balaban J connectivity index is 1.98. The first-order chi connectivity index (χ1) is 13.6. The van der Waals surface area contributed by atoms with Crippen molar-refractivity contribution in [2.45, 2.75) is 38.3 Å². The monoisotopic (exact) mass is 458 g/mol. The molecular formula is C20H24Cl2N2O4S. The maximum absolute atomic E-state index is 12.5. The molecule has 0 aromatic heterocycles. The molecule has 0 saturated carbocycles. The number of ether oxygens (including phenoxy) is 1. The molecule has 6 nitrogen and oxygen atoms in total. The van der Waals surface area contributed by atoms with Gasteiger partial charge < -0.3 is 10.1 Å². The zero-order valence-electron chi connectivity index (χ0n) is 16.4. The Morgan fingerprint density at radius 2 is 1.72 bits per heavy atom. The van der Waals surface area contributed by atoms with Gasteiger partial charge in [0.05, 0.1) is 4.90 Å². The van der Waals surface area contributed by atoms with E-state index >= 15 is 0 Å². The van der Waals surface area contributed by atoms with E-state index in [1.54, 1.807) is 25.1 Å². The van der Waals surface area contributed by atoms with Gasteiger partial charge in [-0.25, -0.2) is 13.1 Å². The summed E-state index contributed by atoms with van der Waals surface area (Å²) in [5.74, 6) is 0.514. The average Bonchev–Trinajstić information content (AvgIpc) is 2.65. The molecule has 0 saturated heterocycles. The van der Waals surface area contributed by atoms with Crippen molar-refractivity contribution in [1.29, 1.82) is 0 Å². The van der Waals surface area contributed by atoms with Gasteiger partial charge >= 0.3 is 0 Å². The zero-order chi connectivity index (χ0) is 21.6. The number of sulfonamides is 1. The molecule has 9 heteroatoms. The number of benzene rings is 2. The summed E-state index contributed by atoms with van der Waals surface area (Å²) < 4.78 is 33.1. The van der Waals surface area contributed by atoms with Gasteiger partial charge in [0.1, 0.15) is 5.75 Å². The minimum atomic E-state index is -3.74. The normalized spacial score (nSPS) is 12.6. The number of amides is 1. The van der Waals surface area contributed by atoms with Crippen LogP contribution in [0.5, 0.6) is 5.75 Å². The Labute approximate surface area is 181 Å². The van der Waals surface area contributed by atoms with E-state index in [0.29, 0.717) is 33.8 Å². The first kappa shape index (κ1) is 23.5. The minimum Gasteiger partial charge on any atom is -0.481 e. The molecule has 0 unspecified atom stereocenters. The summed E-state index contributed by atoms with van der Waals surface area (Å²) in [6, 6.07) is 10.7. The highest BCUT2D eigenvalue weighted by Gasteiger charge is 2.17. The molecule has 0 bridgehead atoms. The molecule has 2 N–H and O–H groups in total. The summed E-state index contributed by atoms with van der Waals surface area (Å²) in [6.45, 7) is 6.23. The van der Waals surface area contributed by atoms with Crippen molar-refractivity contribution in [2.24, 2.45) is 5.92 Å². The maximum atomic E-state index is 12.5. The number of hydrogen-bond acceptors (Lipinski definition) is 4. The fraction of sp³-hybridized carbons (Fsp3) is 0.350. The Bertz CT molecular complexity index is 947. The Hall–Kier alpha value is -1.80. The van der Waals surface area contributed by atoms with Gasteiger partial charge in [-0.15, -0.1) is 0 Å². The lowest BCUT2D eigenvalue weighted by Crippen LogP contribution is -2.38. The molecule has 2 rings (SSSR count). The fourth-order valence-corrected chi connectivity index (χ4v) is 3.81. The van der Waals surface area contributed by atoms with Crippen molar-refractivity contribution in [1.82, 2.24) is 10.0 Å². The second-order valence-electron chi connectivity index (χ2n) is 6.93. The van der Waals surface area contributed by atoms with Gasteiger partial charge in [0.2, 0.25) is 10.0 Å². The van der Waals surface area contributed by atoms with Gasteiger partial charge in [-0.05, 0) is 54.8 Å². The van der Waals surface area contributed by atoms with E-state index in [1.165, 1.54) is 24.3 Å². The lowest BCUT2D eigenvalue weighted by atomic mass is 10.2. The average molecular weight is 459 g/mol. The van der Waals surface area contributed by atoms with Crippen LogP contribution in [0.3, 0.4) is 0 Å². The molecule has 158 valence electrons. The van der Waals surface area contributed by atoms with Crippen molar-refractivity contribution in [3.05, 3.63) is 58.1 Å². The van der Waals surface area contributed by atoms with Crippen molar-refractivity contribution in [3.8, 4) is 5.75 Å². The third-order valence-electron chi connectivity index (χ3n) is 3.97. The molecular weight excluding hydrogens is 435 g/mol. The predicted octanol–water partition coefficient (Wildman–Crippen LogP) is 4.01. The van der Waals surface area contributed by atoms with Crippen LogP contribution in [-0.2, 0) is 21.4 Å². The van der Waals surface area contributed by atoms with Crippen molar-refractivity contribution in [2.75, 3.05) is 6.54 Å². The Morgan fingerprint density at radius 3 is 2.31 bits per heavy atom. The van der Waals surface area contributed by atoms with Crippen molar-refractivity contribution >= 4 is 39.1 Å². The standard InChI is InChI=1S/C20H24Cl2N2O4S/c1-13(2)11-23-20(25)14(3)28-17-6-8-18(9-7-17)29(26,27)24-12-15-4-5-16(21)10-19(15)22/h4-10,13-14,24H,11-12H2,1-3H3,(H,23,25)/t14-/m0/s1. The minimum absolute atomic E-state index is 0.0314. The van der Waals surface area contributed by atoms with E-state index in [4.69, 9.17) is 27.9 Å². The lowest BCUT2D eigenvalue weighted by Gasteiger charge is -2.16. The van der Waals surface area contributed by atoms with Gasteiger partial charge in [0.15, 0.2) is 6.10 Å². The topological polar surface area (TPSA) is 84.5 Å². The third kappa shape index (κ3) is 7.19. The highest BCUT2D eigenvalue weighted by atomic mass is 35.5. The molecule has 0 spiro atoms. The zero-order valence-corrected chi connectivity index (χ0v) is 18.7. The molecule has 29 heavy (non-hydrogen) atoms. The van der Waals surface area contributed by atoms with Crippen LogP contribution in [-0.4, -0.2) is 27.0 Å². The predicted molar refractivity (Wildman–Crippen MR) is 115 cm³/mol. The smallest absolute Gasteiger partial charge is 0.260 e. The molecule has 0 aliphatic carbocycles. The third-order valence-corrected chi connectivity index (χ3v) is 5.97. The van der Waals surface area contributed by atoms with Gasteiger partial charge in [0.25, 0.3) is 5.91 Å². The number of halogens is 2. The Kier molecular flexibility index (Phi) is 8.34. The summed E-state index contributed by atoms with van der Waals surface area (Å²) in [5, 5.41) is 3.65. The fourth-order valence-electron chi connectivity index (χ4n) is 2.32. The summed E-state index contributed by atoms with van der Waals surface area (Å²) in [4.78, 5) is 12.1. The Morgan fingerprint density at radius 1 is 1.07 bits per heavy atom. The van der Waals surface area contributed by atoms with Gasteiger partial charge in [-0.1, -0.05) is 43.1 Å². The number of carbonyl (C=O) groups is 1. The SMILES string of the molecule is CC(C)CNC(=O)[C@H](C)Oc1ccc(S(=O)(=O)NCc2ccc(Cl)cc2Cl)cc1. The summed E-state index contributed by atoms with van der Waals surface area (Å²) in [7, 11) is -3.74. The van der Waals surface area contributed by atoms with E-state index in [2.05, 4.69) is 10.0 Å². The van der Waals surface area contributed by atoms with Gasteiger partial charge in [-0.2, -0.15) is 0 Å². The molecule has 1 atom stereocenters. The number of carbonyl (C=O) groups excluding carboxylic acids is 1. The quantitative estimate of drug-likeness (QED) is 0.594. The van der Waals surface area contributed by atoms with Gasteiger partial charge in [0, 0.05) is 23.1 Å². The molecule has 0 fully saturated rings. The first-order valence-electron chi connectivity index (χ1n) is 9.06. The lowest BCUT2D eigenvalue weighted by molar-refractivity contribution is -0.127. The van der Waals surface area contributed by atoms with Crippen LogP contribution in [0.15, 0.2) is 47.4 Å². The summed E-state index contributed by atoms with van der Waals surface area (Å²) >= 11 is 11.9. The molecule has 1 amide bonds. The van der Waals surface area contributed by atoms with Crippen LogP contribution in [0.1, 0.15) is 26.3 Å².